The Hall–Kier alpha value is -2.94. The van der Waals surface area contributed by atoms with Crippen molar-refractivity contribution in [3.63, 3.8) is 0 Å². The molecule has 0 aliphatic carbocycles. The van der Waals surface area contributed by atoms with Crippen LogP contribution < -0.4 is 5.56 Å². The Balaban J connectivity index is 1.60. The van der Waals surface area contributed by atoms with E-state index >= 15 is 0 Å². The van der Waals surface area contributed by atoms with Crippen LogP contribution in [0.5, 0.6) is 0 Å². The number of fused-ring (bicyclic) bond motifs is 1. The van der Waals surface area contributed by atoms with Crippen LogP contribution in [0.3, 0.4) is 0 Å². The molecule has 0 saturated carbocycles. The van der Waals surface area contributed by atoms with E-state index in [0.717, 1.165) is 18.5 Å². The fourth-order valence-corrected chi connectivity index (χ4v) is 3.88. The molecule has 3 heterocycles. The van der Waals surface area contributed by atoms with Crippen LogP contribution in [-0.2, 0) is 12.3 Å². The SMILES string of the molecule is CCCCn1c(SCc2nc(-c3cccc(F)c3)no2)nc2cc(C)[nH]c2c1=O. The third-order valence-electron chi connectivity index (χ3n) is 4.45. The van der Waals surface area contributed by atoms with E-state index in [2.05, 4.69) is 27.0 Å². The molecule has 150 valence electrons. The smallest absolute Gasteiger partial charge is 0.278 e. The van der Waals surface area contributed by atoms with E-state index in [4.69, 9.17) is 4.52 Å². The highest BCUT2D eigenvalue weighted by Gasteiger charge is 2.15. The van der Waals surface area contributed by atoms with Crippen LogP contribution in [0.2, 0.25) is 0 Å². The summed E-state index contributed by atoms with van der Waals surface area (Å²) in [5.41, 5.74) is 2.53. The van der Waals surface area contributed by atoms with E-state index in [1.165, 1.54) is 23.9 Å². The number of hydrogen-bond acceptors (Lipinski definition) is 6. The number of rotatable bonds is 7. The summed E-state index contributed by atoms with van der Waals surface area (Å²) in [5.74, 6) is 0.710. The number of nitrogens with zero attached hydrogens (tertiary/aromatic N) is 4. The molecule has 0 radical (unpaired) electrons. The van der Waals surface area contributed by atoms with Crippen LogP contribution in [0.4, 0.5) is 4.39 Å². The number of hydrogen-bond donors (Lipinski definition) is 1. The summed E-state index contributed by atoms with van der Waals surface area (Å²) in [6, 6.07) is 7.89. The molecule has 0 atom stereocenters. The molecule has 3 aromatic heterocycles. The Morgan fingerprint density at radius 2 is 2.14 bits per heavy atom. The minimum atomic E-state index is -0.359. The van der Waals surface area contributed by atoms with E-state index in [9.17, 15) is 9.18 Å². The molecule has 9 heteroatoms. The molecule has 0 fully saturated rings. The molecule has 0 amide bonds. The van der Waals surface area contributed by atoms with Gasteiger partial charge in [0.15, 0.2) is 5.16 Å². The fraction of sp³-hybridized carbons (Fsp3) is 0.300. The maximum Gasteiger partial charge on any atom is 0.278 e. The average molecular weight is 413 g/mol. The van der Waals surface area contributed by atoms with Crippen LogP contribution >= 0.6 is 11.8 Å². The lowest BCUT2D eigenvalue weighted by Crippen LogP contribution is -2.23. The molecule has 4 aromatic rings. The van der Waals surface area contributed by atoms with Crippen molar-refractivity contribution >= 4 is 22.8 Å². The molecule has 1 N–H and O–H groups in total. The molecular weight excluding hydrogens is 393 g/mol. The monoisotopic (exact) mass is 413 g/mol. The van der Waals surface area contributed by atoms with Crippen molar-refractivity contribution in [3.8, 4) is 11.4 Å². The van der Waals surface area contributed by atoms with E-state index in [0.29, 0.717) is 45.8 Å². The second-order valence-electron chi connectivity index (χ2n) is 6.73. The highest BCUT2D eigenvalue weighted by Crippen LogP contribution is 2.24. The van der Waals surface area contributed by atoms with Crippen molar-refractivity contribution in [2.24, 2.45) is 0 Å². The summed E-state index contributed by atoms with van der Waals surface area (Å²) < 4.78 is 20.4. The molecule has 0 spiro atoms. The first-order valence-corrected chi connectivity index (χ1v) is 10.3. The highest BCUT2D eigenvalue weighted by molar-refractivity contribution is 7.98. The summed E-state index contributed by atoms with van der Waals surface area (Å²) in [7, 11) is 0. The molecule has 4 rings (SSSR count). The number of unbranched alkanes of at least 4 members (excludes halogenated alkanes) is 1. The number of nitrogens with one attached hydrogen (secondary N) is 1. The molecule has 7 nitrogen and oxygen atoms in total. The number of aryl methyl sites for hydroxylation is 1. The van der Waals surface area contributed by atoms with Gasteiger partial charge in [-0.05, 0) is 31.5 Å². The van der Waals surface area contributed by atoms with Crippen molar-refractivity contribution in [3.05, 3.63) is 58.1 Å². The summed E-state index contributed by atoms with van der Waals surface area (Å²) in [6.45, 7) is 4.57. The molecule has 29 heavy (non-hydrogen) atoms. The standard InChI is InChI=1S/C20H20FN5O2S/c1-3-4-8-26-19(27)17-15(9-12(2)22-17)23-20(26)29-11-16-24-18(25-28-16)13-6-5-7-14(21)10-13/h5-7,9-10,22H,3-4,8,11H2,1-2H3. The second-order valence-corrected chi connectivity index (χ2v) is 7.67. The van der Waals surface area contributed by atoms with Crippen LogP contribution in [-0.4, -0.2) is 24.7 Å². The van der Waals surface area contributed by atoms with E-state index < -0.39 is 0 Å². The van der Waals surface area contributed by atoms with Gasteiger partial charge in [-0.25, -0.2) is 9.37 Å². The average Bonchev–Trinajstić information content (AvgIpc) is 3.32. The Kier molecular flexibility index (Phi) is 5.48. The van der Waals surface area contributed by atoms with Gasteiger partial charge in [0.05, 0.1) is 11.3 Å². The van der Waals surface area contributed by atoms with Gasteiger partial charge < -0.3 is 9.51 Å². The lowest BCUT2D eigenvalue weighted by molar-refractivity contribution is 0.391. The zero-order valence-corrected chi connectivity index (χ0v) is 16.9. The van der Waals surface area contributed by atoms with Crippen molar-refractivity contribution in [2.45, 2.75) is 44.1 Å². The van der Waals surface area contributed by atoms with Gasteiger partial charge in [-0.3, -0.25) is 9.36 Å². The van der Waals surface area contributed by atoms with Crippen LogP contribution in [0.15, 0.2) is 44.8 Å². The Morgan fingerprint density at radius 3 is 2.93 bits per heavy atom. The van der Waals surface area contributed by atoms with Crippen LogP contribution in [0, 0.1) is 12.7 Å². The summed E-state index contributed by atoms with van der Waals surface area (Å²) in [4.78, 5) is 25.0. The van der Waals surface area contributed by atoms with Crippen molar-refractivity contribution in [1.29, 1.82) is 0 Å². The zero-order valence-electron chi connectivity index (χ0n) is 16.1. The van der Waals surface area contributed by atoms with Gasteiger partial charge in [0.25, 0.3) is 5.56 Å². The largest absolute Gasteiger partial charge is 0.353 e. The minimum absolute atomic E-state index is 0.0787. The number of halogens is 1. The Morgan fingerprint density at radius 1 is 1.28 bits per heavy atom. The van der Waals surface area contributed by atoms with Gasteiger partial charge in [0, 0.05) is 17.8 Å². The molecule has 0 saturated heterocycles. The maximum absolute atomic E-state index is 13.4. The second kappa shape index (κ2) is 8.20. The Labute approximate surface area is 170 Å². The third kappa shape index (κ3) is 4.09. The lowest BCUT2D eigenvalue weighted by Gasteiger charge is -2.10. The number of aromatic nitrogens is 5. The first-order chi connectivity index (χ1) is 14.0. The van der Waals surface area contributed by atoms with Crippen molar-refractivity contribution < 1.29 is 8.91 Å². The molecular formula is C20H20FN5O2S. The molecule has 0 unspecified atom stereocenters. The minimum Gasteiger partial charge on any atom is -0.353 e. The first-order valence-electron chi connectivity index (χ1n) is 9.36. The zero-order chi connectivity index (χ0) is 20.4. The van der Waals surface area contributed by atoms with Crippen LogP contribution in [0.1, 0.15) is 31.4 Å². The predicted octanol–water partition coefficient (Wildman–Crippen LogP) is 4.31. The fourth-order valence-electron chi connectivity index (χ4n) is 3.02. The number of aromatic amines is 1. The number of H-pyrrole nitrogens is 1. The van der Waals surface area contributed by atoms with Gasteiger partial charge in [-0.15, -0.1) is 0 Å². The highest BCUT2D eigenvalue weighted by atomic mass is 32.2. The van der Waals surface area contributed by atoms with E-state index in [1.54, 1.807) is 16.7 Å². The summed E-state index contributed by atoms with van der Waals surface area (Å²) in [6.07, 6.45) is 1.85. The molecule has 0 aliphatic rings. The summed E-state index contributed by atoms with van der Waals surface area (Å²) in [5, 5.41) is 4.53. The van der Waals surface area contributed by atoms with Gasteiger partial charge in [-0.1, -0.05) is 42.4 Å². The Bertz CT molecular complexity index is 1210. The third-order valence-corrected chi connectivity index (χ3v) is 5.41. The first kappa shape index (κ1) is 19.4. The van der Waals surface area contributed by atoms with Crippen molar-refractivity contribution in [1.82, 2.24) is 24.7 Å². The van der Waals surface area contributed by atoms with Crippen molar-refractivity contribution in [2.75, 3.05) is 0 Å². The lowest BCUT2D eigenvalue weighted by atomic mass is 10.2. The van der Waals surface area contributed by atoms with Gasteiger partial charge in [0.1, 0.15) is 11.3 Å². The predicted molar refractivity (Wildman–Crippen MR) is 109 cm³/mol. The van der Waals surface area contributed by atoms with E-state index in [-0.39, 0.29) is 11.4 Å². The van der Waals surface area contributed by atoms with Gasteiger partial charge >= 0.3 is 0 Å². The number of thioether (sulfide) groups is 1. The maximum atomic E-state index is 13.4. The van der Waals surface area contributed by atoms with Gasteiger partial charge in [0.2, 0.25) is 11.7 Å². The quantitative estimate of drug-likeness (QED) is 0.359. The topological polar surface area (TPSA) is 89.6 Å². The number of benzene rings is 1. The van der Waals surface area contributed by atoms with Crippen LogP contribution in [0.25, 0.3) is 22.4 Å². The molecule has 1 aromatic carbocycles. The molecule has 0 aliphatic heterocycles. The van der Waals surface area contributed by atoms with E-state index in [1.807, 2.05) is 13.0 Å². The molecule has 0 bridgehead atoms. The summed E-state index contributed by atoms with van der Waals surface area (Å²) >= 11 is 1.37. The van der Waals surface area contributed by atoms with Gasteiger partial charge in [-0.2, -0.15) is 4.98 Å². The normalized spacial score (nSPS) is 11.4.